The van der Waals surface area contributed by atoms with Gasteiger partial charge in [0.25, 0.3) is 0 Å². The Labute approximate surface area is 152 Å². The standard InChI is InChI=1S/C19H17F2N3OS/c20-13-3-1-4-14(21)18(13)19-23-10-11(26-19)9-22-15-5-2-6-16-12(15)7-8-17(25)24-16/h1,3-4,7-8,10,15,22H,2,5-6,9H2,(H,24,25). The van der Waals surface area contributed by atoms with Crippen LogP contribution in [0.15, 0.2) is 41.3 Å². The molecule has 7 heteroatoms. The van der Waals surface area contributed by atoms with Crippen molar-refractivity contribution in [2.24, 2.45) is 0 Å². The Bertz CT molecular complexity index is 978. The number of fused-ring (bicyclic) bond motifs is 1. The Balaban J connectivity index is 1.51. The molecule has 0 bridgehead atoms. The molecule has 0 fully saturated rings. The van der Waals surface area contributed by atoms with E-state index in [2.05, 4.69) is 15.3 Å². The van der Waals surface area contributed by atoms with Gasteiger partial charge in [-0.05, 0) is 37.0 Å². The Kier molecular flexibility index (Phi) is 4.65. The van der Waals surface area contributed by atoms with Crippen LogP contribution in [0.25, 0.3) is 10.6 Å². The number of aromatic nitrogens is 2. The number of H-pyrrole nitrogens is 1. The van der Waals surface area contributed by atoms with Gasteiger partial charge in [-0.3, -0.25) is 4.79 Å². The number of aromatic amines is 1. The fourth-order valence-corrected chi connectivity index (χ4v) is 4.25. The van der Waals surface area contributed by atoms with Gasteiger partial charge in [0, 0.05) is 35.4 Å². The zero-order chi connectivity index (χ0) is 18.1. The highest BCUT2D eigenvalue weighted by atomic mass is 32.1. The Morgan fingerprint density at radius 1 is 1.23 bits per heavy atom. The van der Waals surface area contributed by atoms with Crippen molar-refractivity contribution in [3.63, 3.8) is 0 Å². The van der Waals surface area contributed by atoms with Gasteiger partial charge < -0.3 is 10.3 Å². The highest BCUT2D eigenvalue weighted by Gasteiger charge is 2.21. The quantitative estimate of drug-likeness (QED) is 0.728. The fraction of sp³-hybridized carbons (Fsp3) is 0.263. The molecule has 2 N–H and O–H groups in total. The van der Waals surface area contributed by atoms with Gasteiger partial charge in [-0.1, -0.05) is 12.1 Å². The third-order valence-corrected chi connectivity index (χ3v) is 5.60. The maximum absolute atomic E-state index is 13.9. The number of hydrogen-bond donors (Lipinski definition) is 2. The van der Waals surface area contributed by atoms with E-state index >= 15 is 0 Å². The molecule has 2 heterocycles. The van der Waals surface area contributed by atoms with Gasteiger partial charge in [-0.25, -0.2) is 13.8 Å². The van der Waals surface area contributed by atoms with Crippen molar-refractivity contribution in [3.05, 3.63) is 74.7 Å². The molecule has 0 saturated carbocycles. The Hall–Kier alpha value is -2.38. The summed E-state index contributed by atoms with van der Waals surface area (Å²) in [5, 5.41) is 3.81. The van der Waals surface area contributed by atoms with E-state index in [4.69, 9.17) is 0 Å². The van der Waals surface area contributed by atoms with E-state index in [0.29, 0.717) is 11.6 Å². The first-order valence-electron chi connectivity index (χ1n) is 8.46. The minimum atomic E-state index is -0.607. The molecule has 0 radical (unpaired) electrons. The first kappa shape index (κ1) is 17.1. The number of nitrogens with one attached hydrogen (secondary N) is 2. The second kappa shape index (κ2) is 7.09. The maximum atomic E-state index is 13.9. The van der Waals surface area contributed by atoms with Crippen molar-refractivity contribution in [3.8, 4) is 10.6 Å². The summed E-state index contributed by atoms with van der Waals surface area (Å²) in [6, 6.07) is 7.37. The van der Waals surface area contributed by atoms with Gasteiger partial charge in [-0.2, -0.15) is 0 Å². The van der Waals surface area contributed by atoms with E-state index in [1.54, 1.807) is 12.3 Å². The van der Waals surface area contributed by atoms with E-state index in [9.17, 15) is 13.6 Å². The normalized spacial score (nSPS) is 16.5. The number of hydrogen-bond acceptors (Lipinski definition) is 4. The number of halogens is 2. The molecule has 1 aliphatic rings. The summed E-state index contributed by atoms with van der Waals surface area (Å²) in [6.45, 7) is 0.553. The number of benzene rings is 1. The lowest BCUT2D eigenvalue weighted by atomic mass is 9.91. The second-order valence-corrected chi connectivity index (χ2v) is 7.43. The van der Waals surface area contributed by atoms with Crippen LogP contribution in [0.2, 0.25) is 0 Å². The molecule has 3 aromatic rings. The van der Waals surface area contributed by atoms with Crippen molar-refractivity contribution >= 4 is 11.3 Å². The molecule has 134 valence electrons. The highest BCUT2D eigenvalue weighted by Crippen LogP contribution is 2.31. The van der Waals surface area contributed by atoms with E-state index < -0.39 is 11.6 Å². The number of rotatable bonds is 4. The van der Waals surface area contributed by atoms with Gasteiger partial charge in [0.15, 0.2) is 0 Å². The van der Waals surface area contributed by atoms with Crippen molar-refractivity contribution < 1.29 is 8.78 Å². The van der Waals surface area contributed by atoms with Crippen molar-refractivity contribution in [2.75, 3.05) is 0 Å². The molecule has 4 nitrogen and oxygen atoms in total. The molecule has 0 amide bonds. The fourth-order valence-electron chi connectivity index (χ4n) is 3.34. The molecule has 0 aliphatic heterocycles. The SMILES string of the molecule is O=c1ccc2c([nH]1)CCCC2NCc1cnc(-c2c(F)cccc2F)s1. The van der Waals surface area contributed by atoms with Crippen LogP contribution in [-0.4, -0.2) is 9.97 Å². The molecule has 1 aliphatic carbocycles. The third-order valence-electron chi connectivity index (χ3n) is 4.58. The molecule has 1 unspecified atom stereocenters. The van der Waals surface area contributed by atoms with Crippen LogP contribution in [-0.2, 0) is 13.0 Å². The minimum absolute atomic E-state index is 0.0793. The first-order valence-corrected chi connectivity index (χ1v) is 9.28. The molecule has 4 rings (SSSR count). The molecular weight excluding hydrogens is 356 g/mol. The zero-order valence-corrected chi connectivity index (χ0v) is 14.7. The van der Waals surface area contributed by atoms with E-state index in [1.165, 1.54) is 29.5 Å². The summed E-state index contributed by atoms with van der Waals surface area (Å²) in [5.41, 5.74) is 1.94. The third kappa shape index (κ3) is 3.32. The van der Waals surface area contributed by atoms with Crippen LogP contribution in [0.4, 0.5) is 8.78 Å². The smallest absolute Gasteiger partial charge is 0.248 e. The van der Waals surface area contributed by atoms with Gasteiger partial charge in [0.2, 0.25) is 5.56 Å². The van der Waals surface area contributed by atoms with Gasteiger partial charge in [-0.15, -0.1) is 11.3 Å². The predicted molar refractivity (Wildman–Crippen MR) is 97.0 cm³/mol. The van der Waals surface area contributed by atoms with Crippen LogP contribution >= 0.6 is 11.3 Å². The lowest BCUT2D eigenvalue weighted by Crippen LogP contribution is -2.26. The van der Waals surface area contributed by atoms with E-state index in [1.807, 2.05) is 6.07 Å². The topological polar surface area (TPSA) is 57.8 Å². The molecule has 1 atom stereocenters. The summed E-state index contributed by atoms with van der Waals surface area (Å²) in [4.78, 5) is 19.5. The number of aryl methyl sites for hydroxylation is 1. The monoisotopic (exact) mass is 373 g/mol. The summed E-state index contributed by atoms with van der Waals surface area (Å²) in [5.74, 6) is -1.21. The first-order chi connectivity index (χ1) is 12.6. The minimum Gasteiger partial charge on any atom is -0.326 e. The number of thiazole rings is 1. The Morgan fingerprint density at radius 3 is 2.85 bits per heavy atom. The molecule has 0 spiro atoms. The maximum Gasteiger partial charge on any atom is 0.248 e. The summed E-state index contributed by atoms with van der Waals surface area (Å²) in [7, 11) is 0. The van der Waals surface area contributed by atoms with E-state index in [-0.39, 0.29) is 17.2 Å². The highest BCUT2D eigenvalue weighted by molar-refractivity contribution is 7.15. The molecule has 0 saturated heterocycles. The van der Waals surface area contributed by atoms with Gasteiger partial charge in [0.05, 0.1) is 5.56 Å². The summed E-state index contributed by atoms with van der Waals surface area (Å²) < 4.78 is 27.8. The molecule has 26 heavy (non-hydrogen) atoms. The van der Waals surface area contributed by atoms with Crippen LogP contribution < -0.4 is 10.9 Å². The van der Waals surface area contributed by atoms with Gasteiger partial charge >= 0.3 is 0 Å². The van der Waals surface area contributed by atoms with Crippen molar-refractivity contribution in [1.82, 2.24) is 15.3 Å². The summed E-state index contributed by atoms with van der Waals surface area (Å²) in [6.07, 6.45) is 4.50. The summed E-state index contributed by atoms with van der Waals surface area (Å²) >= 11 is 1.28. The predicted octanol–water partition coefficient (Wildman–Crippen LogP) is 3.94. The van der Waals surface area contributed by atoms with Crippen molar-refractivity contribution in [1.29, 1.82) is 0 Å². The van der Waals surface area contributed by atoms with Crippen LogP contribution in [0.1, 0.15) is 35.0 Å². The average Bonchev–Trinajstić information content (AvgIpc) is 3.08. The zero-order valence-electron chi connectivity index (χ0n) is 13.9. The van der Waals surface area contributed by atoms with Crippen LogP contribution in [0.5, 0.6) is 0 Å². The molecular formula is C19H17F2N3OS. The van der Waals surface area contributed by atoms with Crippen molar-refractivity contribution in [2.45, 2.75) is 31.8 Å². The number of nitrogens with zero attached hydrogens (tertiary/aromatic N) is 1. The van der Waals surface area contributed by atoms with Crippen LogP contribution in [0.3, 0.4) is 0 Å². The van der Waals surface area contributed by atoms with E-state index in [0.717, 1.165) is 35.4 Å². The van der Waals surface area contributed by atoms with Gasteiger partial charge in [0.1, 0.15) is 16.6 Å². The Morgan fingerprint density at radius 2 is 2.04 bits per heavy atom. The average molecular weight is 373 g/mol. The largest absolute Gasteiger partial charge is 0.326 e. The second-order valence-electron chi connectivity index (χ2n) is 6.31. The number of pyridine rings is 1. The van der Waals surface area contributed by atoms with Crippen LogP contribution in [0, 0.1) is 11.6 Å². The lowest BCUT2D eigenvalue weighted by molar-refractivity contribution is 0.455. The molecule has 1 aromatic carbocycles. The molecule has 2 aromatic heterocycles. The lowest BCUT2D eigenvalue weighted by Gasteiger charge is -2.25.